The molecule has 0 spiro atoms. The first-order chi connectivity index (χ1) is 13.5. The summed E-state index contributed by atoms with van der Waals surface area (Å²) in [5.41, 5.74) is 8.81. The van der Waals surface area contributed by atoms with E-state index in [1.165, 1.54) is 4.68 Å². The van der Waals surface area contributed by atoms with Crippen LogP contribution in [0.5, 0.6) is 0 Å². The number of hydrogen-bond acceptors (Lipinski definition) is 5. The molecule has 0 aromatic carbocycles. The van der Waals surface area contributed by atoms with Crippen molar-refractivity contribution in [2.75, 3.05) is 0 Å². The minimum atomic E-state index is -5.08. The van der Waals surface area contributed by atoms with Gasteiger partial charge in [0.05, 0.1) is 5.69 Å². The van der Waals surface area contributed by atoms with Gasteiger partial charge in [-0.25, -0.2) is 9.59 Å². The van der Waals surface area contributed by atoms with Crippen LogP contribution in [0.3, 0.4) is 0 Å². The van der Waals surface area contributed by atoms with Crippen molar-refractivity contribution < 1.29 is 37.8 Å². The number of amides is 1. The summed E-state index contributed by atoms with van der Waals surface area (Å²) in [7, 11) is 0. The Balaban J connectivity index is 0.000000370. The number of aromatic carboxylic acids is 1. The number of carbonyl (C=O) groups is 3. The van der Waals surface area contributed by atoms with Gasteiger partial charge >= 0.3 is 18.1 Å². The molecule has 0 bridgehead atoms. The fourth-order valence-electron chi connectivity index (χ4n) is 2.87. The lowest BCUT2D eigenvalue weighted by Gasteiger charge is -2.14. The molecule has 0 saturated heterocycles. The van der Waals surface area contributed by atoms with Gasteiger partial charge in [0.1, 0.15) is 5.69 Å². The minimum absolute atomic E-state index is 0.210. The van der Waals surface area contributed by atoms with Gasteiger partial charge in [0.2, 0.25) is 5.91 Å². The van der Waals surface area contributed by atoms with Crippen LogP contribution in [0.1, 0.15) is 34.5 Å². The normalized spacial score (nSPS) is 12.2. The summed E-state index contributed by atoms with van der Waals surface area (Å²) in [6, 6.07) is 1.86. The number of fused-ring (bicyclic) bond motifs is 3. The molecule has 2 heterocycles. The molecule has 9 nitrogen and oxygen atoms in total. The number of halogens is 3. The number of carboxylic acids is 2. The van der Waals surface area contributed by atoms with Crippen molar-refractivity contribution in [3.8, 4) is 11.3 Å². The number of nitrogens with zero attached hydrogens (tertiary/aromatic N) is 3. The number of hydrogen-bond donors (Lipinski definition) is 3. The van der Waals surface area contributed by atoms with Gasteiger partial charge < -0.3 is 15.9 Å². The van der Waals surface area contributed by atoms with Crippen molar-refractivity contribution in [3.63, 3.8) is 0 Å². The van der Waals surface area contributed by atoms with Crippen LogP contribution in [-0.2, 0) is 29.0 Å². The molecular formula is C17H17F3N4O5. The Morgan fingerprint density at radius 2 is 1.86 bits per heavy atom. The number of pyridine rings is 1. The molecule has 1 aliphatic carbocycles. The zero-order valence-corrected chi connectivity index (χ0v) is 14.9. The second-order valence-corrected chi connectivity index (χ2v) is 6.11. The number of rotatable bonds is 5. The highest BCUT2D eigenvalue weighted by Gasteiger charge is 2.38. The quantitative estimate of drug-likeness (QED) is 0.673. The van der Waals surface area contributed by atoms with Crippen LogP contribution < -0.4 is 5.73 Å². The molecular weight excluding hydrogens is 397 g/mol. The maximum atomic E-state index is 11.6. The maximum Gasteiger partial charge on any atom is 0.490 e. The van der Waals surface area contributed by atoms with Gasteiger partial charge in [-0.05, 0) is 30.9 Å². The zero-order chi connectivity index (χ0) is 21.8. The molecule has 4 N–H and O–H groups in total. The van der Waals surface area contributed by atoms with Gasteiger partial charge in [-0.1, -0.05) is 0 Å². The van der Waals surface area contributed by atoms with E-state index >= 15 is 0 Å². The summed E-state index contributed by atoms with van der Waals surface area (Å²) in [5, 5.41) is 21.1. The molecule has 0 fully saturated rings. The van der Waals surface area contributed by atoms with Crippen molar-refractivity contribution in [1.29, 1.82) is 0 Å². The molecule has 156 valence electrons. The number of carbonyl (C=O) groups excluding carboxylic acids is 1. The van der Waals surface area contributed by atoms with E-state index in [4.69, 9.17) is 15.6 Å². The SMILES string of the molecule is NC(=O)CCCn1nc2c(c1C(=O)O)CCc1cnccc1-2.O=C(O)C(F)(F)F. The van der Waals surface area contributed by atoms with Crippen LogP contribution >= 0.6 is 0 Å². The van der Waals surface area contributed by atoms with Gasteiger partial charge in [0.15, 0.2) is 0 Å². The summed E-state index contributed by atoms with van der Waals surface area (Å²) in [6.45, 7) is 0.359. The lowest BCUT2D eigenvalue weighted by Crippen LogP contribution is -2.21. The van der Waals surface area contributed by atoms with Crippen LogP contribution in [0.25, 0.3) is 11.3 Å². The first kappa shape index (κ1) is 21.9. The highest BCUT2D eigenvalue weighted by atomic mass is 19.4. The molecule has 1 amide bonds. The van der Waals surface area contributed by atoms with E-state index in [2.05, 4.69) is 10.1 Å². The predicted octanol–water partition coefficient (Wildman–Crippen LogP) is 1.64. The zero-order valence-electron chi connectivity index (χ0n) is 14.9. The average Bonchev–Trinajstić information content (AvgIpc) is 3.00. The average molecular weight is 414 g/mol. The van der Waals surface area contributed by atoms with E-state index in [1.807, 2.05) is 6.07 Å². The molecule has 0 radical (unpaired) electrons. The second kappa shape index (κ2) is 8.71. The number of primary amides is 1. The molecule has 29 heavy (non-hydrogen) atoms. The Morgan fingerprint density at radius 3 is 2.41 bits per heavy atom. The van der Waals surface area contributed by atoms with E-state index in [9.17, 15) is 27.9 Å². The van der Waals surface area contributed by atoms with Crippen molar-refractivity contribution >= 4 is 17.8 Å². The van der Waals surface area contributed by atoms with Crippen molar-refractivity contribution in [1.82, 2.24) is 14.8 Å². The van der Waals surface area contributed by atoms with Crippen LogP contribution in [0.2, 0.25) is 0 Å². The topological polar surface area (TPSA) is 148 Å². The lowest BCUT2D eigenvalue weighted by molar-refractivity contribution is -0.192. The lowest BCUT2D eigenvalue weighted by atomic mass is 9.90. The predicted molar refractivity (Wildman–Crippen MR) is 91.9 cm³/mol. The number of aryl methyl sites for hydroxylation is 2. The molecule has 12 heteroatoms. The Morgan fingerprint density at radius 1 is 1.21 bits per heavy atom. The van der Waals surface area contributed by atoms with Crippen molar-refractivity contribution in [2.24, 2.45) is 5.73 Å². The van der Waals surface area contributed by atoms with Gasteiger partial charge in [-0.2, -0.15) is 18.3 Å². The van der Waals surface area contributed by atoms with Crippen molar-refractivity contribution in [3.05, 3.63) is 35.3 Å². The Hall–Kier alpha value is -3.44. The molecule has 0 aliphatic heterocycles. The Bertz CT molecular complexity index is 940. The Labute approximate surface area is 162 Å². The van der Waals surface area contributed by atoms with E-state index in [0.717, 1.165) is 23.1 Å². The van der Waals surface area contributed by atoms with Gasteiger partial charge in [0.25, 0.3) is 0 Å². The summed E-state index contributed by atoms with van der Waals surface area (Å²) in [4.78, 5) is 35.4. The van der Waals surface area contributed by atoms with Crippen LogP contribution in [0.4, 0.5) is 13.2 Å². The summed E-state index contributed by atoms with van der Waals surface area (Å²) < 4.78 is 33.2. The standard InChI is InChI=1S/C15H16N4O3.C2HF3O2/c16-12(20)2-1-7-19-14(15(21)22)11-4-3-9-8-17-6-5-10(9)13(11)18-19;3-2(4,5)1(6)7/h5-6,8H,1-4,7H2,(H2,16,20)(H,21,22);(H,6,7). The number of alkyl halides is 3. The number of carboxylic acid groups (broad SMARTS) is 2. The van der Waals surface area contributed by atoms with E-state index < -0.39 is 24.0 Å². The Kier molecular flexibility index (Phi) is 6.56. The number of nitrogens with two attached hydrogens (primary N) is 1. The molecule has 2 aromatic heterocycles. The van der Waals surface area contributed by atoms with Gasteiger partial charge in [-0.15, -0.1) is 0 Å². The molecule has 1 aliphatic rings. The van der Waals surface area contributed by atoms with E-state index in [1.54, 1.807) is 12.4 Å². The number of aliphatic carboxylic acids is 1. The monoisotopic (exact) mass is 414 g/mol. The maximum absolute atomic E-state index is 11.6. The van der Waals surface area contributed by atoms with Gasteiger partial charge in [0, 0.05) is 36.5 Å². The highest BCUT2D eigenvalue weighted by Crippen LogP contribution is 2.34. The first-order valence-electron chi connectivity index (χ1n) is 8.37. The smallest absolute Gasteiger partial charge is 0.477 e. The minimum Gasteiger partial charge on any atom is -0.477 e. The largest absolute Gasteiger partial charge is 0.490 e. The molecule has 3 rings (SSSR count). The van der Waals surface area contributed by atoms with Gasteiger partial charge in [-0.3, -0.25) is 14.5 Å². The summed E-state index contributed by atoms with van der Waals surface area (Å²) >= 11 is 0. The fraction of sp³-hybridized carbons (Fsp3) is 0.353. The molecule has 2 aromatic rings. The third-order valence-electron chi connectivity index (χ3n) is 4.09. The van der Waals surface area contributed by atoms with Crippen molar-refractivity contribution in [2.45, 2.75) is 38.4 Å². The van der Waals surface area contributed by atoms with Crippen LogP contribution in [-0.4, -0.2) is 49.0 Å². The second-order valence-electron chi connectivity index (χ2n) is 6.11. The summed E-state index contributed by atoms with van der Waals surface area (Å²) in [5.74, 6) is -4.15. The van der Waals surface area contributed by atoms with E-state index in [-0.39, 0.29) is 12.1 Å². The van der Waals surface area contributed by atoms with Crippen LogP contribution in [0.15, 0.2) is 18.5 Å². The van der Waals surface area contributed by atoms with Crippen LogP contribution in [0, 0.1) is 0 Å². The fourth-order valence-corrected chi connectivity index (χ4v) is 2.87. The highest BCUT2D eigenvalue weighted by molar-refractivity contribution is 5.90. The molecule has 0 atom stereocenters. The first-order valence-corrected chi connectivity index (χ1v) is 8.37. The molecule has 0 unspecified atom stereocenters. The summed E-state index contributed by atoms with van der Waals surface area (Å²) in [6.07, 6.45) is 0.462. The van der Waals surface area contributed by atoms with E-state index in [0.29, 0.717) is 25.1 Å². The number of aromatic nitrogens is 3. The third kappa shape index (κ3) is 5.30. The third-order valence-corrected chi connectivity index (χ3v) is 4.09. The molecule has 0 saturated carbocycles.